The van der Waals surface area contributed by atoms with Gasteiger partial charge in [-0.1, -0.05) is 47.5 Å². The number of carbonyl (C=O) groups excluding carboxylic acids is 1. The van der Waals surface area contributed by atoms with Gasteiger partial charge in [-0.15, -0.1) is 0 Å². The van der Waals surface area contributed by atoms with Gasteiger partial charge in [-0.25, -0.2) is 12.8 Å². The molecule has 5 rings (SSSR count). The average Bonchev–Trinajstić information content (AvgIpc) is 3.49. The van der Waals surface area contributed by atoms with E-state index in [1.165, 1.54) is 53.6 Å². The number of rotatable bonds is 10. The lowest BCUT2D eigenvalue weighted by Gasteiger charge is -2.29. The fraction of sp³-hybridized carbons (Fsp3) is 0.267. The second kappa shape index (κ2) is 12.9. The zero-order valence-electron chi connectivity index (χ0n) is 22.3. The van der Waals surface area contributed by atoms with Crippen LogP contribution in [0, 0.1) is 5.82 Å². The Balaban J connectivity index is 1.49. The summed E-state index contributed by atoms with van der Waals surface area (Å²) in [5.74, 6) is -1.04. The number of hydrogen-bond acceptors (Lipinski definition) is 6. The molecule has 1 fully saturated rings. The van der Waals surface area contributed by atoms with E-state index in [2.05, 4.69) is 0 Å². The van der Waals surface area contributed by atoms with E-state index in [4.69, 9.17) is 32.4 Å². The Hall–Kier alpha value is -3.28. The molecule has 1 aliphatic rings. The molecule has 4 aromatic rings. The number of carbonyl (C=O) groups is 1. The smallest absolute Gasteiger partial charge is 0.245 e. The highest BCUT2D eigenvalue weighted by Gasteiger charge is 2.34. The molecule has 2 heterocycles. The number of sulfonamides is 1. The number of hydrogen-bond donors (Lipinski definition) is 0. The van der Waals surface area contributed by atoms with Crippen LogP contribution in [0.3, 0.4) is 0 Å². The first kappa shape index (κ1) is 30.2. The second-order valence-electron chi connectivity index (χ2n) is 9.97. The standard InChI is InChI=1S/C30H27Cl2FN2O6S/c31-22-9-12-26(32)28(14-22)42(38,39)35(17-24-4-3-13-40-24)18-29(36)34(15-20-7-10-23(33)11-8-20)16-21-19-41-27-6-2-1-5-25(27)30(21)37/h1-2,5-12,14,19,24H,3-4,13,15-18H2/t24-/m0/s1. The number of para-hydroxylation sites is 1. The average molecular weight is 634 g/mol. The van der Waals surface area contributed by atoms with Crippen LogP contribution in [0.5, 0.6) is 0 Å². The minimum Gasteiger partial charge on any atom is -0.464 e. The van der Waals surface area contributed by atoms with Gasteiger partial charge in [-0.2, -0.15) is 4.31 Å². The Morgan fingerprint density at radius 3 is 2.52 bits per heavy atom. The fourth-order valence-electron chi connectivity index (χ4n) is 4.80. The summed E-state index contributed by atoms with van der Waals surface area (Å²) in [5, 5.41) is 0.478. The first-order valence-corrected chi connectivity index (χ1v) is 15.4. The van der Waals surface area contributed by atoms with Crippen molar-refractivity contribution >= 4 is 50.1 Å². The van der Waals surface area contributed by atoms with Gasteiger partial charge in [-0.05, 0) is 60.9 Å². The van der Waals surface area contributed by atoms with Crippen molar-refractivity contribution in [3.8, 4) is 0 Å². The molecule has 0 aliphatic carbocycles. The van der Waals surface area contributed by atoms with Crippen LogP contribution < -0.4 is 5.43 Å². The van der Waals surface area contributed by atoms with Crippen LogP contribution in [0.15, 0.2) is 87.1 Å². The van der Waals surface area contributed by atoms with Crippen LogP contribution in [-0.4, -0.2) is 49.3 Å². The van der Waals surface area contributed by atoms with E-state index in [1.54, 1.807) is 24.3 Å². The van der Waals surface area contributed by atoms with Gasteiger partial charge >= 0.3 is 0 Å². The summed E-state index contributed by atoms with van der Waals surface area (Å²) < 4.78 is 53.7. The van der Waals surface area contributed by atoms with Crippen LogP contribution in [-0.2, 0) is 32.6 Å². The number of nitrogens with zero attached hydrogens (tertiary/aromatic N) is 2. The molecule has 3 aromatic carbocycles. The van der Waals surface area contributed by atoms with Crippen LogP contribution in [0.1, 0.15) is 24.0 Å². The van der Waals surface area contributed by atoms with E-state index in [9.17, 15) is 22.4 Å². The van der Waals surface area contributed by atoms with Crippen molar-refractivity contribution in [1.29, 1.82) is 0 Å². The molecular weight excluding hydrogens is 606 g/mol. The summed E-state index contributed by atoms with van der Waals surface area (Å²) in [5.41, 5.74) is 0.870. The largest absolute Gasteiger partial charge is 0.464 e. The molecule has 0 bridgehead atoms. The summed E-state index contributed by atoms with van der Waals surface area (Å²) in [6, 6.07) is 16.4. The Kier molecular flexibility index (Phi) is 9.29. The number of amides is 1. The molecule has 1 aromatic heterocycles. The highest BCUT2D eigenvalue weighted by Crippen LogP contribution is 2.29. The van der Waals surface area contributed by atoms with Gasteiger partial charge in [0.25, 0.3) is 0 Å². The maximum atomic E-state index is 13.9. The van der Waals surface area contributed by atoms with Crippen molar-refractivity contribution in [3.05, 3.63) is 110 Å². The molecule has 0 saturated carbocycles. The number of benzene rings is 3. The second-order valence-corrected chi connectivity index (χ2v) is 12.7. The molecule has 220 valence electrons. The molecule has 1 atom stereocenters. The molecule has 0 N–H and O–H groups in total. The molecule has 0 unspecified atom stereocenters. The van der Waals surface area contributed by atoms with E-state index in [-0.39, 0.29) is 45.6 Å². The summed E-state index contributed by atoms with van der Waals surface area (Å²) in [6.07, 6.45) is 2.27. The molecule has 8 nitrogen and oxygen atoms in total. The van der Waals surface area contributed by atoms with Crippen molar-refractivity contribution in [3.63, 3.8) is 0 Å². The van der Waals surface area contributed by atoms with Crippen LogP contribution in [0.25, 0.3) is 11.0 Å². The maximum absolute atomic E-state index is 13.9. The van der Waals surface area contributed by atoms with Crippen molar-refractivity contribution in [2.24, 2.45) is 0 Å². The van der Waals surface area contributed by atoms with Crippen LogP contribution >= 0.6 is 23.2 Å². The Morgan fingerprint density at radius 1 is 1.02 bits per heavy atom. The van der Waals surface area contributed by atoms with Gasteiger partial charge in [0, 0.05) is 24.7 Å². The molecule has 0 radical (unpaired) electrons. The SMILES string of the molecule is O=C(CN(C[C@@H]1CCCO1)S(=O)(=O)c1cc(Cl)ccc1Cl)N(Cc1ccc(F)cc1)Cc1coc2ccccc2c1=O. The van der Waals surface area contributed by atoms with Crippen LogP contribution in [0.2, 0.25) is 10.0 Å². The molecular formula is C30H27Cl2FN2O6S. The van der Waals surface area contributed by atoms with Crippen molar-refractivity contribution in [2.45, 2.75) is 36.9 Å². The predicted molar refractivity (Wildman–Crippen MR) is 157 cm³/mol. The van der Waals surface area contributed by atoms with E-state index in [0.717, 1.165) is 10.7 Å². The molecule has 0 spiro atoms. The van der Waals surface area contributed by atoms with Gasteiger partial charge in [0.15, 0.2) is 5.43 Å². The summed E-state index contributed by atoms with van der Waals surface area (Å²) in [7, 11) is -4.30. The minimum atomic E-state index is -4.30. The summed E-state index contributed by atoms with van der Waals surface area (Å²) in [6.45, 7) is -0.352. The van der Waals surface area contributed by atoms with E-state index >= 15 is 0 Å². The van der Waals surface area contributed by atoms with E-state index in [1.807, 2.05) is 0 Å². The van der Waals surface area contributed by atoms with Gasteiger partial charge in [0.2, 0.25) is 15.9 Å². The molecule has 1 aliphatic heterocycles. The lowest BCUT2D eigenvalue weighted by molar-refractivity contribution is -0.132. The molecule has 1 amide bonds. The zero-order chi connectivity index (χ0) is 29.9. The van der Waals surface area contributed by atoms with Crippen LogP contribution in [0.4, 0.5) is 4.39 Å². The fourth-order valence-corrected chi connectivity index (χ4v) is 6.96. The normalized spacial score (nSPS) is 15.4. The third-order valence-electron chi connectivity index (χ3n) is 7.01. The third-order valence-corrected chi connectivity index (χ3v) is 9.53. The number of ether oxygens (including phenoxy) is 1. The van der Waals surface area contributed by atoms with E-state index < -0.39 is 34.4 Å². The van der Waals surface area contributed by atoms with E-state index in [0.29, 0.717) is 29.6 Å². The van der Waals surface area contributed by atoms with Crippen molar-refractivity contribution < 1.29 is 26.8 Å². The number of halogens is 3. The minimum absolute atomic E-state index is 0.0167. The Morgan fingerprint density at radius 2 is 1.79 bits per heavy atom. The van der Waals surface area contributed by atoms with Gasteiger partial charge in [-0.3, -0.25) is 9.59 Å². The summed E-state index contributed by atoms with van der Waals surface area (Å²) >= 11 is 12.4. The topological polar surface area (TPSA) is 97.1 Å². The molecule has 42 heavy (non-hydrogen) atoms. The first-order valence-electron chi connectivity index (χ1n) is 13.2. The highest BCUT2D eigenvalue weighted by molar-refractivity contribution is 7.89. The summed E-state index contributed by atoms with van der Waals surface area (Å²) in [4.78, 5) is 28.3. The lowest BCUT2D eigenvalue weighted by Crippen LogP contribution is -2.45. The third kappa shape index (κ3) is 6.85. The first-order chi connectivity index (χ1) is 20.1. The Labute approximate surface area is 252 Å². The highest BCUT2D eigenvalue weighted by atomic mass is 35.5. The van der Waals surface area contributed by atoms with Gasteiger partial charge in [0.1, 0.15) is 16.3 Å². The lowest BCUT2D eigenvalue weighted by atomic mass is 10.1. The molecule has 1 saturated heterocycles. The van der Waals surface area contributed by atoms with Gasteiger partial charge < -0.3 is 14.1 Å². The van der Waals surface area contributed by atoms with Crippen molar-refractivity contribution in [2.75, 3.05) is 19.7 Å². The quantitative estimate of drug-likeness (QED) is 0.225. The Bertz CT molecular complexity index is 1760. The van der Waals surface area contributed by atoms with Crippen molar-refractivity contribution in [1.82, 2.24) is 9.21 Å². The van der Waals surface area contributed by atoms with Gasteiger partial charge in [0.05, 0.1) is 41.4 Å². The predicted octanol–water partition coefficient (Wildman–Crippen LogP) is 5.64. The number of fused-ring (bicyclic) bond motifs is 1. The monoisotopic (exact) mass is 632 g/mol. The maximum Gasteiger partial charge on any atom is 0.245 e. The molecule has 12 heteroatoms. The zero-order valence-corrected chi connectivity index (χ0v) is 24.7.